The largest absolute Gasteiger partial charge is 0.462 e. The van der Waals surface area contributed by atoms with Crippen LogP contribution in [-0.2, 0) is 19.1 Å². The Morgan fingerprint density at radius 2 is 2.12 bits per heavy atom. The highest BCUT2D eigenvalue weighted by molar-refractivity contribution is 6.23. The van der Waals surface area contributed by atoms with E-state index < -0.39 is 23.4 Å². The van der Waals surface area contributed by atoms with Gasteiger partial charge in [0, 0.05) is 0 Å². The maximum absolute atomic E-state index is 12.9. The number of nitrogens with zero attached hydrogens (tertiary/aromatic N) is 1. The van der Waals surface area contributed by atoms with Gasteiger partial charge in [0.2, 0.25) is 11.8 Å². The zero-order valence-electron chi connectivity index (χ0n) is 13.4. The van der Waals surface area contributed by atoms with Crippen LogP contribution in [0.5, 0.6) is 0 Å². The number of carbonyl (C=O) groups is 3. The summed E-state index contributed by atoms with van der Waals surface area (Å²) in [5.74, 6) is -2.02. The van der Waals surface area contributed by atoms with Gasteiger partial charge in [-0.3, -0.25) is 9.59 Å². The lowest BCUT2D eigenvalue weighted by Gasteiger charge is -2.24. The van der Waals surface area contributed by atoms with Crippen molar-refractivity contribution >= 4 is 23.5 Å². The summed E-state index contributed by atoms with van der Waals surface area (Å²) in [6.45, 7) is 3.82. The molecule has 2 amide bonds. The second-order valence-electron chi connectivity index (χ2n) is 6.41. The Morgan fingerprint density at radius 1 is 1.33 bits per heavy atom. The number of imide groups is 1. The molecule has 124 valence electrons. The third-order valence-electron chi connectivity index (χ3n) is 4.94. The van der Waals surface area contributed by atoms with Crippen molar-refractivity contribution in [3.8, 4) is 0 Å². The minimum Gasteiger partial charge on any atom is -0.462 e. The smallest absolute Gasteiger partial charge is 0.338 e. The summed E-state index contributed by atoms with van der Waals surface area (Å²) in [6, 6.07) is 6.41. The van der Waals surface area contributed by atoms with Gasteiger partial charge in [-0.2, -0.15) is 0 Å². The third-order valence-corrected chi connectivity index (χ3v) is 4.94. The van der Waals surface area contributed by atoms with Crippen molar-refractivity contribution < 1.29 is 23.9 Å². The van der Waals surface area contributed by atoms with Gasteiger partial charge in [0.1, 0.15) is 0 Å². The molecule has 0 aliphatic carbocycles. The molecule has 0 aromatic heterocycles. The molecule has 1 aromatic rings. The first-order valence-electron chi connectivity index (χ1n) is 7.98. The Morgan fingerprint density at radius 3 is 2.83 bits per heavy atom. The maximum Gasteiger partial charge on any atom is 0.338 e. The van der Waals surface area contributed by atoms with E-state index in [-0.39, 0.29) is 24.5 Å². The van der Waals surface area contributed by atoms with E-state index in [1.807, 2.05) is 19.1 Å². The van der Waals surface area contributed by atoms with Gasteiger partial charge >= 0.3 is 5.97 Å². The van der Waals surface area contributed by atoms with E-state index >= 15 is 0 Å². The van der Waals surface area contributed by atoms with Crippen LogP contribution in [0.4, 0.5) is 5.69 Å². The Labute approximate surface area is 139 Å². The van der Waals surface area contributed by atoms with Gasteiger partial charge in [0.15, 0.2) is 0 Å². The predicted molar refractivity (Wildman–Crippen MR) is 84.3 cm³/mol. The molecule has 6 heteroatoms. The van der Waals surface area contributed by atoms with Crippen molar-refractivity contribution in [1.82, 2.24) is 0 Å². The van der Waals surface area contributed by atoms with Gasteiger partial charge in [0.25, 0.3) is 0 Å². The highest BCUT2D eigenvalue weighted by Gasteiger charge is 2.66. The molecule has 6 nitrogen and oxygen atoms in total. The standard InChI is InChI=1S/C18H17NO5/c1-3-23-17(22)10-5-4-6-11(9-10)19-15(20)13-12-7-8-18(2,24-12)14(13)16(19)21/h4-9,12-14H,3H2,1-2H3/t12-,13+,14+,18+/m1/s1. The maximum atomic E-state index is 12.9. The van der Waals surface area contributed by atoms with E-state index in [0.717, 1.165) is 0 Å². The number of esters is 1. The number of carbonyl (C=O) groups excluding carboxylic acids is 3. The van der Waals surface area contributed by atoms with E-state index in [0.29, 0.717) is 11.3 Å². The summed E-state index contributed by atoms with van der Waals surface area (Å²) < 4.78 is 10.8. The molecule has 4 atom stereocenters. The van der Waals surface area contributed by atoms with Crippen molar-refractivity contribution in [3.05, 3.63) is 42.0 Å². The summed E-state index contributed by atoms with van der Waals surface area (Å²) in [5.41, 5.74) is -0.0150. The van der Waals surface area contributed by atoms with Crippen LogP contribution in [-0.4, -0.2) is 36.1 Å². The molecule has 0 radical (unpaired) electrons. The lowest BCUT2D eigenvalue weighted by molar-refractivity contribution is -0.126. The van der Waals surface area contributed by atoms with Crippen molar-refractivity contribution in [2.24, 2.45) is 11.8 Å². The number of fused-ring (bicyclic) bond motifs is 5. The SMILES string of the molecule is CCOC(=O)c1cccc(N2C(=O)[C@@H]3[C@@H](C2=O)[C@]2(C)C=C[C@H]3O2)c1. The number of ether oxygens (including phenoxy) is 2. The summed E-state index contributed by atoms with van der Waals surface area (Å²) in [6.07, 6.45) is 3.36. The molecule has 0 unspecified atom stereocenters. The highest BCUT2D eigenvalue weighted by atomic mass is 16.5. The summed E-state index contributed by atoms with van der Waals surface area (Å²) in [4.78, 5) is 38.8. The average molecular weight is 327 g/mol. The van der Waals surface area contributed by atoms with E-state index in [2.05, 4.69) is 0 Å². The summed E-state index contributed by atoms with van der Waals surface area (Å²) in [5, 5.41) is 0. The molecule has 4 rings (SSSR count). The van der Waals surface area contributed by atoms with Crippen LogP contribution in [0.2, 0.25) is 0 Å². The first kappa shape index (κ1) is 15.1. The van der Waals surface area contributed by atoms with Crippen LogP contribution in [0, 0.1) is 11.8 Å². The second kappa shape index (κ2) is 5.01. The van der Waals surface area contributed by atoms with Crippen molar-refractivity contribution in [1.29, 1.82) is 0 Å². The molecule has 3 aliphatic rings. The van der Waals surface area contributed by atoms with E-state index in [1.165, 1.54) is 11.0 Å². The van der Waals surface area contributed by atoms with Gasteiger partial charge in [-0.25, -0.2) is 9.69 Å². The van der Waals surface area contributed by atoms with Crippen LogP contribution in [0.1, 0.15) is 24.2 Å². The predicted octanol–water partition coefficient (Wildman–Crippen LogP) is 1.70. The minimum absolute atomic E-state index is 0.262. The molecule has 3 aliphatic heterocycles. The van der Waals surface area contributed by atoms with Crippen LogP contribution in [0.25, 0.3) is 0 Å². The molecule has 24 heavy (non-hydrogen) atoms. The lowest BCUT2D eigenvalue weighted by Crippen LogP contribution is -2.38. The Balaban J connectivity index is 1.69. The molecule has 2 fully saturated rings. The lowest BCUT2D eigenvalue weighted by atomic mass is 9.78. The highest BCUT2D eigenvalue weighted by Crippen LogP contribution is 2.52. The van der Waals surface area contributed by atoms with Crippen molar-refractivity contribution in [2.45, 2.75) is 25.6 Å². The molecular weight excluding hydrogens is 310 g/mol. The zero-order valence-corrected chi connectivity index (χ0v) is 13.4. The van der Waals surface area contributed by atoms with Gasteiger partial charge in [-0.15, -0.1) is 0 Å². The Hall–Kier alpha value is -2.47. The fraction of sp³-hybridized carbons (Fsp3) is 0.389. The average Bonchev–Trinajstić information content (AvgIpc) is 3.17. The summed E-state index contributed by atoms with van der Waals surface area (Å²) in [7, 11) is 0. The minimum atomic E-state index is -0.727. The monoisotopic (exact) mass is 327 g/mol. The zero-order chi connectivity index (χ0) is 17.1. The molecule has 1 aromatic carbocycles. The molecule has 0 N–H and O–H groups in total. The van der Waals surface area contributed by atoms with Crippen molar-refractivity contribution in [2.75, 3.05) is 11.5 Å². The van der Waals surface area contributed by atoms with Crippen molar-refractivity contribution in [3.63, 3.8) is 0 Å². The fourth-order valence-corrected chi connectivity index (χ4v) is 3.89. The molecular formula is C18H17NO5. The molecule has 2 saturated heterocycles. The number of amides is 2. The second-order valence-corrected chi connectivity index (χ2v) is 6.41. The van der Waals surface area contributed by atoms with Gasteiger partial charge in [-0.1, -0.05) is 18.2 Å². The number of hydrogen-bond acceptors (Lipinski definition) is 5. The third kappa shape index (κ3) is 1.89. The van der Waals surface area contributed by atoms with Crippen LogP contribution in [0.15, 0.2) is 36.4 Å². The van der Waals surface area contributed by atoms with E-state index in [1.54, 1.807) is 25.1 Å². The molecule has 0 spiro atoms. The molecule has 3 heterocycles. The van der Waals surface area contributed by atoms with Gasteiger partial charge < -0.3 is 9.47 Å². The molecule has 0 saturated carbocycles. The topological polar surface area (TPSA) is 72.9 Å². The Kier molecular flexibility index (Phi) is 3.15. The quantitative estimate of drug-likeness (QED) is 0.480. The van der Waals surface area contributed by atoms with Gasteiger partial charge in [0.05, 0.1) is 41.4 Å². The Bertz CT molecular complexity index is 785. The first-order chi connectivity index (χ1) is 11.5. The van der Waals surface area contributed by atoms with Crippen LogP contribution in [0.3, 0.4) is 0 Å². The fourth-order valence-electron chi connectivity index (χ4n) is 3.89. The van der Waals surface area contributed by atoms with Crippen LogP contribution >= 0.6 is 0 Å². The molecule has 2 bridgehead atoms. The van der Waals surface area contributed by atoms with Crippen LogP contribution < -0.4 is 4.90 Å². The number of benzene rings is 1. The number of anilines is 1. The number of rotatable bonds is 3. The first-order valence-corrected chi connectivity index (χ1v) is 7.98. The normalized spacial score (nSPS) is 33.2. The van der Waals surface area contributed by atoms with E-state index in [4.69, 9.17) is 9.47 Å². The summed E-state index contributed by atoms with van der Waals surface area (Å²) >= 11 is 0. The number of hydrogen-bond donors (Lipinski definition) is 0. The van der Waals surface area contributed by atoms with E-state index in [9.17, 15) is 14.4 Å². The van der Waals surface area contributed by atoms with Gasteiger partial charge in [-0.05, 0) is 32.0 Å².